The van der Waals surface area contributed by atoms with Crippen molar-refractivity contribution in [2.45, 2.75) is 17.8 Å². The number of aromatic amines is 2. The predicted molar refractivity (Wildman–Crippen MR) is 104 cm³/mol. The Morgan fingerprint density at radius 1 is 1.11 bits per heavy atom. The van der Waals surface area contributed by atoms with Gasteiger partial charge in [0.25, 0.3) is 5.56 Å². The fourth-order valence-corrected chi connectivity index (χ4v) is 3.56. The lowest BCUT2D eigenvalue weighted by molar-refractivity contribution is 0.0601. The summed E-state index contributed by atoms with van der Waals surface area (Å²) < 4.78 is 4.72. The highest BCUT2D eigenvalue weighted by atomic mass is 32.2. The number of aryl methyl sites for hydroxylation is 1. The van der Waals surface area contributed by atoms with Crippen LogP contribution in [0.15, 0.2) is 46.3 Å². The molecule has 0 fully saturated rings. The second-order valence-corrected chi connectivity index (χ2v) is 7.05. The van der Waals surface area contributed by atoms with Gasteiger partial charge in [-0.15, -0.1) is 0 Å². The average molecular weight is 380 g/mol. The first-order chi connectivity index (χ1) is 13.0. The fraction of sp³-hybridized carbons (Fsp3) is 0.158. The zero-order valence-electron chi connectivity index (χ0n) is 14.7. The Balaban J connectivity index is 1.62. The molecule has 7 nitrogen and oxygen atoms in total. The molecule has 8 heteroatoms. The third-order valence-electron chi connectivity index (χ3n) is 4.14. The Labute approximate surface area is 158 Å². The summed E-state index contributed by atoms with van der Waals surface area (Å²) in [6.45, 7) is 2.03. The molecule has 0 bridgehead atoms. The number of aromatic nitrogens is 4. The third kappa shape index (κ3) is 3.43. The van der Waals surface area contributed by atoms with E-state index in [-0.39, 0.29) is 5.56 Å². The molecule has 0 aliphatic rings. The number of H-pyrrole nitrogens is 2. The number of nitrogens with zero attached hydrogens (tertiary/aromatic N) is 2. The molecule has 0 saturated heterocycles. The molecular formula is C19H16N4O3S. The molecular weight excluding hydrogens is 364 g/mol. The number of thioether (sulfide) groups is 1. The van der Waals surface area contributed by atoms with Crippen LogP contribution in [0.1, 0.15) is 21.7 Å². The van der Waals surface area contributed by atoms with Crippen molar-refractivity contribution in [2.24, 2.45) is 0 Å². The summed E-state index contributed by atoms with van der Waals surface area (Å²) in [4.78, 5) is 39.0. The Morgan fingerprint density at radius 3 is 2.78 bits per heavy atom. The van der Waals surface area contributed by atoms with Crippen molar-refractivity contribution in [2.75, 3.05) is 7.11 Å². The molecule has 0 unspecified atom stereocenters. The van der Waals surface area contributed by atoms with Gasteiger partial charge in [-0.3, -0.25) is 4.79 Å². The van der Waals surface area contributed by atoms with Crippen molar-refractivity contribution < 1.29 is 9.53 Å². The molecule has 0 saturated carbocycles. The quantitative estimate of drug-likeness (QED) is 0.417. The van der Waals surface area contributed by atoms with Gasteiger partial charge in [0, 0.05) is 0 Å². The van der Waals surface area contributed by atoms with Crippen molar-refractivity contribution in [3.05, 3.63) is 63.7 Å². The third-order valence-corrected chi connectivity index (χ3v) is 5.02. The van der Waals surface area contributed by atoms with Gasteiger partial charge >= 0.3 is 5.97 Å². The van der Waals surface area contributed by atoms with Crippen LogP contribution in [0.5, 0.6) is 0 Å². The van der Waals surface area contributed by atoms with Crippen LogP contribution in [-0.2, 0) is 10.5 Å². The first-order valence-corrected chi connectivity index (χ1v) is 9.22. The van der Waals surface area contributed by atoms with Gasteiger partial charge in [-0.05, 0) is 42.8 Å². The number of nitrogens with one attached hydrogen (secondary N) is 2. The van der Waals surface area contributed by atoms with Crippen LogP contribution in [-0.4, -0.2) is 33.0 Å². The Bertz CT molecular complexity index is 1230. The maximum Gasteiger partial charge on any atom is 0.337 e. The standard InChI is InChI=1S/C19H16N4O3S/c1-10-3-6-13-15(7-10)22-19(21-13)27-9-16-20-14-8-11(18(25)26-2)4-5-12(14)17(24)23-16/h3-8H,9H2,1-2H3,(H,21,22)(H,20,23,24). The number of methoxy groups -OCH3 is 1. The highest BCUT2D eigenvalue weighted by Crippen LogP contribution is 2.23. The average Bonchev–Trinajstić information content (AvgIpc) is 3.07. The minimum absolute atomic E-state index is 0.243. The second kappa shape index (κ2) is 6.88. The summed E-state index contributed by atoms with van der Waals surface area (Å²) in [5.74, 6) is 0.482. The summed E-state index contributed by atoms with van der Waals surface area (Å²) in [7, 11) is 1.31. The second-order valence-electron chi connectivity index (χ2n) is 6.09. The molecule has 0 aliphatic carbocycles. The predicted octanol–water partition coefficient (Wildman–Crippen LogP) is 3.19. The number of carbonyl (C=O) groups excluding carboxylic acids is 1. The van der Waals surface area contributed by atoms with Crippen molar-refractivity contribution in [3.63, 3.8) is 0 Å². The SMILES string of the molecule is COC(=O)c1ccc2c(=O)[nH]c(CSc3nc4ccc(C)cc4[nH]3)nc2c1. The number of benzene rings is 2. The molecule has 2 N–H and O–H groups in total. The Morgan fingerprint density at radius 2 is 1.96 bits per heavy atom. The van der Waals surface area contributed by atoms with Crippen LogP contribution in [0.25, 0.3) is 21.9 Å². The van der Waals surface area contributed by atoms with Gasteiger partial charge in [0.05, 0.1) is 40.4 Å². The number of rotatable bonds is 4. The minimum Gasteiger partial charge on any atom is -0.465 e. The first-order valence-electron chi connectivity index (χ1n) is 8.24. The van der Waals surface area contributed by atoms with Crippen LogP contribution in [0.3, 0.4) is 0 Å². The normalized spacial score (nSPS) is 11.2. The number of ether oxygens (including phenoxy) is 1. The Hall–Kier alpha value is -3.13. The van der Waals surface area contributed by atoms with Crippen LogP contribution < -0.4 is 5.56 Å². The first kappa shape index (κ1) is 17.3. The summed E-state index contributed by atoms with van der Waals surface area (Å²) in [5, 5.41) is 1.18. The van der Waals surface area contributed by atoms with Crippen LogP contribution >= 0.6 is 11.8 Å². The van der Waals surface area contributed by atoms with Gasteiger partial charge in [-0.25, -0.2) is 14.8 Å². The van der Waals surface area contributed by atoms with Gasteiger partial charge in [-0.1, -0.05) is 17.8 Å². The summed E-state index contributed by atoms with van der Waals surface area (Å²) in [6.07, 6.45) is 0. The van der Waals surface area contributed by atoms with Gasteiger partial charge < -0.3 is 14.7 Å². The largest absolute Gasteiger partial charge is 0.465 e. The van der Waals surface area contributed by atoms with E-state index in [2.05, 4.69) is 19.9 Å². The topological polar surface area (TPSA) is 101 Å². The van der Waals surface area contributed by atoms with Gasteiger partial charge in [0.1, 0.15) is 5.82 Å². The number of carbonyl (C=O) groups is 1. The number of hydrogen-bond donors (Lipinski definition) is 2. The lowest BCUT2D eigenvalue weighted by Crippen LogP contribution is -2.12. The molecule has 136 valence electrons. The number of esters is 1. The highest BCUT2D eigenvalue weighted by Gasteiger charge is 2.11. The molecule has 2 aromatic heterocycles. The summed E-state index contributed by atoms with van der Waals surface area (Å²) >= 11 is 1.45. The van der Waals surface area contributed by atoms with E-state index < -0.39 is 5.97 Å². The lowest BCUT2D eigenvalue weighted by atomic mass is 10.1. The number of hydrogen-bond acceptors (Lipinski definition) is 6. The van der Waals surface area contributed by atoms with Crippen LogP contribution in [0.2, 0.25) is 0 Å². The molecule has 4 rings (SSSR count). The van der Waals surface area contributed by atoms with Crippen LogP contribution in [0.4, 0.5) is 0 Å². The van der Waals surface area contributed by atoms with Gasteiger partial charge in [-0.2, -0.15) is 0 Å². The minimum atomic E-state index is -0.465. The van der Waals surface area contributed by atoms with Crippen LogP contribution in [0, 0.1) is 6.92 Å². The van der Waals surface area contributed by atoms with E-state index in [0.29, 0.717) is 28.0 Å². The smallest absolute Gasteiger partial charge is 0.337 e. The number of fused-ring (bicyclic) bond motifs is 2. The van der Waals surface area contributed by atoms with E-state index in [1.54, 1.807) is 18.2 Å². The van der Waals surface area contributed by atoms with E-state index in [4.69, 9.17) is 4.74 Å². The molecule has 0 radical (unpaired) electrons. The fourth-order valence-electron chi connectivity index (χ4n) is 2.81. The van der Waals surface area contributed by atoms with Crippen molar-refractivity contribution in [1.82, 2.24) is 19.9 Å². The lowest BCUT2D eigenvalue weighted by Gasteiger charge is -2.04. The zero-order valence-corrected chi connectivity index (χ0v) is 15.5. The van der Waals surface area contributed by atoms with E-state index in [0.717, 1.165) is 21.8 Å². The molecule has 0 spiro atoms. The maximum atomic E-state index is 12.3. The van der Waals surface area contributed by atoms with Crippen molar-refractivity contribution >= 4 is 39.7 Å². The monoisotopic (exact) mass is 380 g/mol. The molecule has 2 heterocycles. The molecule has 2 aromatic carbocycles. The van der Waals surface area contributed by atoms with E-state index >= 15 is 0 Å². The molecule has 27 heavy (non-hydrogen) atoms. The molecule has 0 atom stereocenters. The molecule has 0 aliphatic heterocycles. The van der Waals surface area contributed by atoms with E-state index in [1.807, 2.05) is 25.1 Å². The Kier molecular flexibility index (Phi) is 4.41. The summed E-state index contributed by atoms with van der Waals surface area (Å²) in [5.41, 5.74) is 3.59. The van der Waals surface area contributed by atoms with Crippen molar-refractivity contribution in [3.8, 4) is 0 Å². The van der Waals surface area contributed by atoms with Gasteiger partial charge in [0.15, 0.2) is 5.16 Å². The van der Waals surface area contributed by atoms with E-state index in [9.17, 15) is 9.59 Å². The summed E-state index contributed by atoms with van der Waals surface area (Å²) in [6, 6.07) is 10.7. The maximum absolute atomic E-state index is 12.3. The van der Waals surface area contributed by atoms with E-state index in [1.165, 1.54) is 18.9 Å². The van der Waals surface area contributed by atoms with Crippen molar-refractivity contribution in [1.29, 1.82) is 0 Å². The number of imidazole rings is 1. The zero-order chi connectivity index (χ0) is 19.0. The molecule has 0 amide bonds. The van der Waals surface area contributed by atoms with Gasteiger partial charge in [0.2, 0.25) is 0 Å². The highest BCUT2D eigenvalue weighted by molar-refractivity contribution is 7.98. The molecule has 4 aromatic rings.